The van der Waals surface area contributed by atoms with E-state index in [0.29, 0.717) is 0 Å². The Hall–Kier alpha value is -3.42. The molecule has 0 aliphatic heterocycles. The Balaban J connectivity index is 1.66. The number of carboxylic acids is 1. The highest BCUT2D eigenvalue weighted by molar-refractivity contribution is 5.86. The Morgan fingerprint density at radius 3 is 2.16 bits per heavy atom. The summed E-state index contributed by atoms with van der Waals surface area (Å²) in [5, 5.41) is 13.7. The maximum atomic E-state index is 12.7. The molecule has 0 heterocycles. The number of alkyl halides is 1. The fourth-order valence-electron chi connectivity index (χ4n) is 3.70. The van der Waals surface area contributed by atoms with E-state index >= 15 is 0 Å². The number of amides is 2. The Bertz CT molecular complexity index is 919. The average molecular weight is 428 g/mol. The predicted octanol–water partition coefficient (Wildman–Crippen LogP) is 3.23. The summed E-state index contributed by atoms with van der Waals surface area (Å²) in [4.78, 5) is 35.6. The molecule has 1 aliphatic carbocycles. The third-order valence-corrected chi connectivity index (χ3v) is 5.22. The van der Waals surface area contributed by atoms with E-state index in [1.165, 1.54) is 6.92 Å². The minimum absolute atomic E-state index is 0.0635. The van der Waals surface area contributed by atoms with Crippen LogP contribution in [0.5, 0.6) is 0 Å². The molecule has 0 bridgehead atoms. The highest BCUT2D eigenvalue weighted by Crippen LogP contribution is 2.44. The second-order valence-electron chi connectivity index (χ2n) is 7.52. The van der Waals surface area contributed by atoms with Crippen molar-refractivity contribution >= 4 is 18.0 Å². The fourth-order valence-corrected chi connectivity index (χ4v) is 3.70. The van der Waals surface area contributed by atoms with Crippen LogP contribution >= 0.6 is 0 Å². The minimum Gasteiger partial charge on any atom is -0.481 e. The molecule has 0 fully saturated rings. The van der Waals surface area contributed by atoms with Crippen LogP contribution in [0.2, 0.25) is 0 Å². The fraction of sp³-hybridized carbons (Fsp3) is 0.348. The number of alkyl carbamates (subject to hydrolysis) is 1. The number of halogens is 1. The average Bonchev–Trinajstić information content (AvgIpc) is 3.08. The number of fused-ring (bicyclic) bond motifs is 3. The summed E-state index contributed by atoms with van der Waals surface area (Å²) in [6.45, 7) is 0.760. The normalized spacial score (nSPS) is 14.1. The summed E-state index contributed by atoms with van der Waals surface area (Å²) in [6, 6.07) is 13.9. The summed E-state index contributed by atoms with van der Waals surface area (Å²) in [6.07, 6.45) is -1.30. The van der Waals surface area contributed by atoms with Crippen molar-refractivity contribution in [2.24, 2.45) is 0 Å². The first-order valence-electron chi connectivity index (χ1n) is 10.1. The molecule has 2 aromatic carbocycles. The van der Waals surface area contributed by atoms with Crippen molar-refractivity contribution in [1.82, 2.24) is 10.6 Å². The SMILES string of the molecule is CC(CF)NC(=O)C(CCC(=O)O)NC(=O)OCC1c2ccccc2-c2ccccc21. The molecule has 2 atom stereocenters. The van der Waals surface area contributed by atoms with Crippen molar-refractivity contribution in [3.05, 3.63) is 59.7 Å². The van der Waals surface area contributed by atoms with Crippen LogP contribution in [0.1, 0.15) is 36.8 Å². The standard InChI is InChI=1S/C23H25FN2O5/c1-14(12-24)25-22(29)20(10-11-21(27)28)26-23(30)31-13-19-17-8-4-2-6-15(17)16-7-3-5-9-18(16)19/h2-9,14,19-20H,10-13H2,1H3,(H,25,29)(H,26,30)(H,27,28). The molecule has 0 radical (unpaired) electrons. The van der Waals surface area contributed by atoms with E-state index in [9.17, 15) is 18.8 Å². The topological polar surface area (TPSA) is 105 Å². The Morgan fingerprint density at radius 1 is 1.03 bits per heavy atom. The number of carbonyl (C=O) groups excluding carboxylic acids is 2. The first-order chi connectivity index (χ1) is 14.9. The summed E-state index contributed by atoms with van der Waals surface area (Å²) in [5.41, 5.74) is 4.28. The predicted molar refractivity (Wildman–Crippen MR) is 112 cm³/mol. The van der Waals surface area contributed by atoms with E-state index in [4.69, 9.17) is 9.84 Å². The van der Waals surface area contributed by atoms with Crippen molar-refractivity contribution in [2.45, 2.75) is 37.8 Å². The van der Waals surface area contributed by atoms with Crippen LogP contribution < -0.4 is 10.6 Å². The minimum atomic E-state index is -1.14. The van der Waals surface area contributed by atoms with Gasteiger partial charge in [0.2, 0.25) is 5.91 Å². The summed E-state index contributed by atoms with van der Waals surface area (Å²) >= 11 is 0. The van der Waals surface area contributed by atoms with Gasteiger partial charge in [0.15, 0.2) is 0 Å². The number of ether oxygens (including phenoxy) is 1. The van der Waals surface area contributed by atoms with Crippen molar-refractivity contribution in [3.8, 4) is 11.1 Å². The number of rotatable bonds is 9. The van der Waals surface area contributed by atoms with Crippen molar-refractivity contribution < 1.29 is 28.6 Å². The van der Waals surface area contributed by atoms with E-state index in [2.05, 4.69) is 10.6 Å². The van der Waals surface area contributed by atoms with Crippen molar-refractivity contribution in [2.75, 3.05) is 13.3 Å². The number of carbonyl (C=O) groups is 3. The molecule has 7 nitrogen and oxygen atoms in total. The summed E-state index contributed by atoms with van der Waals surface area (Å²) in [7, 11) is 0. The van der Waals surface area contributed by atoms with Crippen LogP contribution in [0.4, 0.5) is 9.18 Å². The molecular formula is C23H25FN2O5. The molecule has 164 valence electrons. The molecule has 3 N–H and O–H groups in total. The van der Waals surface area contributed by atoms with Gasteiger partial charge < -0.3 is 20.5 Å². The van der Waals surface area contributed by atoms with Gasteiger partial charge in [-0.15, -0.1) is 0 Å². The van der Waals surface area contributed by atoms with Crippen LogP contribution in [0, 0.1) is 0 Å². The third kappa shape index (κ3) is 5.39. The van der Waals surface area contributed by atoms with Gasteiger partial charge in [0, 0.05) is 12.3 Å². The molecule has 3 rings (SSSR count). The maximum absolute atomic E-state index is 12.7. The Labute approximate surface area is 179 Å². The number of aliphatic carboxylic acids is 1. The van der Waals surface area contributed by atoms with Gasteiger partial charge in [-0.25, -0.2) is 9.18 Å². The molecule has 1 aliphatic rings. The third-order valence-electron chi connectivity index (χ3n) is 5.22. The molecule has 8 heteroatoms. The van der Waals surface area contributed by atoms with Gasteiger partial charge in [0.1, 0.15) is 19.3 Å². The molecule has 31 heavy (non-hydrogen) atoms. The number of nitrogens with one attached hydrogen (secondary N) is 2. The molecule has 2 unspecified atom stereocenters. The lowest BCUT2D eigenvalue weighted by atomic mass is 9.98. The van der Waals surface area contributed by atoms with E-state index < -0.39 is 36.7 Å². The van der Waals surface area contributed by atoms with Crippen LogP contribution in [0.3, 0.4) is 0 Å². The van der Waals surface area contributed by atoms with E-state index in [1.807, 2.05) is 48.5 Å². The first-order valence-corrected chi connectivity index (χ1v) is 10.1. The first kappa shape index (κ1) is 22.3. The molecule has 0 aromatic heterocycles. The molecular weight excluding hydrogens is 403 g/mol. The maximum Gasteiger partial charge on any atom is 0.407 e. The molecule has 0 saturated heterocycles. The van der Waals surface area contributed by atoms with Crippen molar-refractivity contribution in [1.29, 1.82) is 0 Å². The highest BCUT2D eigenvalue weighted by Gasteiger charge is 2.30. The smallest absolute Gasteiger partial charge is 0.407 e. The van der Waals surface area contributed by atoms with E-state index in [-0.39, 0.29) is 25.4 Å². The zero-order valence-electron chi connectivity index (χ0n) is 17.1. The van der Waals surface area contributed by atoms with E-state index in [0.717, 1.165) is 22.3 Å². The number of hydrogen-bond acceptors (Lipinski definition) is 4. The highest BCUT2D eigenvalue weighted by atomic mass is 19.1. The van der Waals surface area contributed by atoms with Crippen LogP contribution in [-0.4, -0.2) is 48.4 Å². The quantitative estimate of drug-likeness (QED) is 0.569. The molecule has 0 saturated carbocycles. The summed E-state index contributed by atoms with van der Waals surface area (Å²) in [5.74, 6) is -1.90. The lowest BCUT2D eigenvalue weighted by Crippen LogP contribution is -2.50. The zero-order valence-corrected chi connectivity index (χ0v) is 17.1. The van der Waals surface area contributed by atoms with E-state index in [1.54, 1.807) is 0 Å². The largest absolute Gasteiger partial charge is 0.481 e. The molecule has 2 aromatic rings. The number of carboxylic acid groups (broad SMARTS) is 1. The number of benzene rings is 2. The Kier molecular flexibility index (Phi) is 7.23. The van der Waals surface area contributed by atoms with Crippen LogP contribution in [-0.2, 0) is 14.3 Å². The monoisotopic (exact) mass is 428 g/mol. The second kappa shape index (κ2) is 10.1. The van der Waals surface area contributed by atoms with Gasteiger partial charge in [-0.05, 0) is 35.6 Å². The van der Waals surface area contributed by atoms with Gasteiger partial charge in [-0.1, -0.05) is 48.5 Å². The zero-order chi connectivity index (χ0) is 22.4. The molecule has 2 amide bonds. The van der Waals surface area contributed by atoms with Crippen LogP contribution in [0.25, 0.3) is 11.1 Å². The Morgan fingerprint density at radius 2 is 1.61 bits per heavy atom. The summed E-state index contributed by atoms with van der Waals surface area (Å²) < 4.78 is 18.1. The van der Waals surface area contributed by atoms with Crippen molar-refractivity contribution in [3.63, 3.8) is 0 Å². The lowest BCUT2D eigenvalue weighted by molar-refractivity contribution is -0.137. The second-order valence-corrected chi connectivity index (χ2v) is 7.52. The van der Waals surface area contributed by atoms with Gasteiger partial charge in [-0.2, -0.15) is 0 Å². The number of hydrogen-bond donors (Lipinski definition) is 3. The van der Waals surface area contributed by atoms with Gasteiger partial charge in [0.25, 0.3) is 0 Å². The lowest BCUT2D eigenvalue weighted by Gasteiger charge is -2.20. The van der Waals surface area contributed by atoms with Gasteiger partial charge >= 0.3 is 12.1 Å². The van der Waals surface area contributed by atoms with Gasteiger partial charge in [-0.3, -0.25) is 9.59 Å². The van der Waals surface area contributed by atoms with Gasteiger partial charge in [0.05, 0.1) is 6.04 Å². The molecule has 0 spiro atoms. The van der Waals surface area contributed by atoms with Crippen LogP contribution in [0.15, 0.2) is 48.5 Å².